The van der Waals surface area contributed by atoms with Gasteiger partial charge >= 0.3 is 6.01 Å². The number of hydrogen-bond acceptors (Lipinski definition) is 5. The Morgan fingerprint density at radius 2 is 1.89 bits per heavy atom. The van der Waals surface area contributed by atoms with E-state index >= 15 is 0 Å². The topological polar surface area (TPSA) is 68.2 Å². The molecule has 0 radical (unpaired) electrons. The van der Waals surface area contributed by atoms with Crippen LogP contribution in [0, 0.1) is 11.3 Å². The molecule has 2 N–H and O–H groups in total. The number of anilines is 1. The lowest BCUT2D eigenvalue weighted by Crippen LogP contribution is -2.38. The zero-order chi connectivity index (χ0) is 13.3. The third kappa shape index (κ3) is 2.83. The Morgan fingerprint density at radius 1 is 1.28 bits per heavy atom. The molecule has 1 fully saturated rings. The van der Waals surface area contributed by atoms with Gasteiger partial charge in [0.2, 0.25) is 5.89 Å². The van der Waals surface area contributed by atoms with Crippen molar-refractivity contribution < 1.29 is 4.42 Å². The van der Waals surface area contributed by atoms with Crippen LogP contribution in [0.4, 0.5) is 6.01 Å². The van der Waals surface area contributed by atoms with E-state index in [1.54, 1.807) is 0 Å². The molecule has 0 amide bonds. The van der Waals surface area contributed by atoms with Crippen LogP contribution in [0.15, 0.2) is 4.42 Å². The summed E-state index contributed by atoms with van der Waals surface area (Å²) in [7, 11) is 0. The number of aromatic nitrogens is 2. The van der Waals surface area contributed by atoms with Crippen molar-refractivity contribution in [3.8, 4) is 0 Å². The first-order valence-electron chi connectivity index (χ1n) is 6.72. The highest BCUT2D eigenvalue weighted by atomic mass is 16.4. The third-order valence-corrected chi connectivity index (χ3v) is 3.81. The van der Waals surface area contributed by atoms with Crippen LogP contribution in [-0.2, 0) is 0 Å². The summed E-state index contributed by atoms with van der Waals surface area (Å²) < 4.78 is 5.58. The fourth-order valence-corrected chi connectivity index (χ4v) is 2.48. The van der Waals surface area contributed by atoms with Gasteiger partial charge in [-0.3, -0.25) is 0 Å². The second-order valence-corrected chi connectivity index (χ2v) is 6.34. The van der Waals surface area contributed by atoms with Gasteiger partial charge in [-0.05, 0) is 31.1 Å². The van der Waals surface area contributed by atoms with Crippen molar-refractivity contribution in [2.75, 3.05) is 18.0 Å². The van der Waals surface area contributed by atoms with E-state index in [0.29, 0.717) is 17.3 Å². The van der Waals surface area contributed by atoms with Crippen molar-refractivity contribution in [2.45, 2.75) is 46.6 Å². The maximum absolute atomic E-state index is 5.72. The van der Waals surface area contributed by atoms with Crippen molar-refractivity contribution in [3.05, 3.63) is 5.89 Å². The van der Waals surface area contributed by atoms with Gasteiger partial charge in [0.25, 0.3) is 0 Å². The third-order valence-electron chi connectivity index (χ3n) is 3.81. The average Bonchev–Trinajstić information content (AvgIpc) is 2.77. The Balaban J connectivity index is 1.97. The van der Waals surface area contributed by atoms with E-state index in [9.17, 15) is 0 Å². The number of nitrogens with zero attached hydrogens (tertiary/aromatic N) is 3. The summed E-state index contributed by atoms with van der Waals surface area (Å²) in [5, 5.41) is 8.05. The second-order valence-electron chi connectivity index (χ2n) is 6.34. The molecule has 0 aromatic carbocycles. The van der Waals surface area contributed by atoms with Crippen molar-refractivity contribution in [1.29, 1.82) is 0 Å². The first-order valence-corrected chi connectivity index (χ1v) is 6.72. The molecule has 0 spiro atoms. The molecule has 5 heteroatoms. The minimum atomic E-state index is -0.196. The highest BCUT2D eigenvalue weighted by Crippen LogP contribution is 2.35. The normalized spacial score (nSPS) is 20.2. The molecule has 5 nitrogen and oxygen atoms in total. The van der Waals surface area contributed by atoms with Crippen LogP contribution in [-0.4, -0.2) is 23.3 Å². The number of hydrogen-bond donors (Lipinski definition) is 1. The quantitative estimate of drug-likeness (QED) is 0.875. The molecule has 0 aliphatic carbocycles. The molecule has 18 heavy (non-hydrogen) atoms. The van der Waals surface area contributed by atoms with Crippen LogP contribution in [0.3, 0.4) is 0 Å². The van der Waals surface area contributed by atoms with E-state index in [1.165, 1.54) is 12.8 Å². The predicted molar refractivity (Wildman–Crippen MR) is 71.3 cm³/mol. The Morgan fingerprint density at radius 3 is 2.33 bits per heavy atom. The van der Waals surface area contributed by atoms with Gasteiger partial charge in [0.05, 0.1) is 6.04 Å². The molecule has 1 saturated heterocycles. The lowest BCUT2D eigenvalue weighted by Gasteiger charge is -2.38. The SMILES string of the molecule is CC(N)c1nnc(N2CCC(C(C)(C)C)CC2)o1. The van der Waals surface area contributed by atoms with E-state index in [1.807, 2.05) is 6.92 Å². The molecule has 1 aromatic rings. The zero-order valence-electron chi connectivity index (χ0n) is 11.8. The fraction of sp³-hybridized carbons (Fsp3) is 0.846. The highest BCUT2D eigenvalue weighted by molar-refractivity contribution is 5.25. The smallest absolute Gasteiger partial charge is 0.318 e. The molecular formula is C13H24N4O. The van der Waals surface area contributed by atoms with E-state index < -0.39 is 0 Å². The lowest BCUT2D eigenvalue weighted by molar-refractivity contribution is 0.196. The summed E-state index contributed by atoms with van der Waals surface area (Å²) >= 11 is 0. The van der Waals surface area contributed by atoms with Gasteiger partial charge in [0.1, 0.15) is 0 Å². The van der Waals surface area contributed by atoms with Crippen LogP contribution in [0.1, 0.15) is 52.5 Å². The van der Waals surface area contributed by atoms with E-state index in [0.717, 1.165) is 19.0 Å². The van der Waals surface area contributed by atoms with Crippen molar-refractivity contribution in [1.82, 2.24) is 10.2 Å². The maximum Gasteiger partial charge on any atom is 0.318 e. The molecule has 2 heterocycles. The molecule has 1 unspecified atom stereocenters. The van der Waals surface area contributed by atoms with Gasteiger partial charge in [-0.25, -0.2) is 0 Å². The van der Waals surface area contributed by atoms with Crippen molar-refractivity contribution in [2.24, 2.45) is 17.1 Å². The molecule has 1 aliphatic rings. The molecule has 1 atom stereocenters. The Labute approximate surface area is 109 Å². The summed E-state index contributed by atoms with van der Waals surface area (Å²) in [6.07, 6.45) is 2.36. The van der Waals surface area contributed by atoms with Crippen molar-refractivity contribution >= 4 is 6.01 Å². The van der Waals surface area contributed by atoms with Gasteiger partial charge in [0, 0.05) is 13.1 Å². The first-order chi connectivity index (χ1) is 8.38. The van der Waals surface area contributed by atoms with Crippen LogP contribution < -0.4 is 10.6 Å². The standard InChI is InChI=1S/C13H24N4O/c1-9(14)11-15-16-12(18-11)17-7-5-10(6-8-17)13(2,3)4/h9-10H,5-8,14H2,1-4H3. The van der Waals surface area contributed by atoms with Gasteiger partial charge in [-0.1, -0.05) is 25.9 Å². The van der Waals surface area contributed by atoms with E-state index in [4.69, 9.17) is 10.2 Å². The monoisotopic (exact) mass is 252 g/mol. The zero-order valence-corrected chi connectivity index (χ0v) is 11.8. The number of piperidine rings is 1. The number of nitrogens with two attached hydrogens (primary N) is 1. The molecule has 1 aliphatic heterocycles. The summed E-state index contributed by atoms with van der Waals surface area (Å²) in [5.74, 6) is 1.28. The first kappa shape index (κ1) is 13.3. The molecule has 0 saturated carbocycles. The largest absolute Gasteiger partial charge is 0.406 e. The molecule has 102 valence electrons. The second kappa shape index (κ2) is 4.88. The van der Waals surface area contributed by atoms with Gasteiger partial charge in [-0.15, -0.1) is 5.10 Å². The van der Waals surface area contributed by atoms with Crippen LogP contribution >= 0.6 is 0 Å². The van der Waals surface area contributed by atoms with Crippen LogP contribution in [0.5, 0.6) is 0 Å². The summed E-state index contributed by atoms with van der Waals surface area (Å²) in [6.45, 7) is 10.8. The summed E-state index contributed by atoms with van der Waals surface area (Å²) in [6, 6.07) is 0.424. The number of rotatable bonds is 2. The van der Waals surface area contributed by atoms with Crippen molar-refractivity contribution in [3.63, 3.8) is 0 Å². The fourth-order valence-electron chi connectivity index (χ4n) is 2.48. The molecule has 1 aromatic heterocycles. The van der Waals surface area contributed by atoms with E-state index in [-0.39, 0.29) is 6.04 Å². The Hall–Kier alpha value is -1.10. The van der Waals surface area contributed by atoms with E-state index in [2.05, 4.69) is 35.9 Å². The average molecular weight is 252 g/mol. The van der Waals surface area contributed by atoms with Crippen LogP contribution in [0.2, 0.25) is 0 Å². The van der Waals surface area contributed by atoms with Gasteiger partial charge in [0.15, 0.2) is 0 Å². The Bertz CT molecular complexity index is 386. The lowest BCUT2D eigenvalue weighted by atomic mass is 9.75. The Kier molecular flexibility index (Phi) is 3.61. The predicted octanol–water partition coefficient (Wildman–Crippen LogP) is 2.35. The van der Waals surface area contributed by atoms with Gasteiger partial charge in [-0.2, -0.15) is 0 Å². The summed E-state index contributed by atoms with van der Waals surface area (Å²) in [5.41, 5.74) is 6.11. The molecule has 2 rings (SSSR count). The van der Waals surface area contributed by atoms with Crippen LogP contribution in [0.25, 0.3) is 0 Å². The molecular weight excluding hydrogens is 228 g/mol. The minimum absolute atomic E-state index is 0.196. The highest BCUT2D eigenvalue weighted by Gasteiger charge is 2.30. The van der Waals surface area contributed by atoms with Gasteiger partial charge < -0.3 is 15.1 Å². The summed E-state index contributed by atoms with van der Waals surface area (Å²) in [4.78, 5) is 2.17. The molecule has 0 bridgehead atoms. The minimum Gasteiger partial charge on any atom is -0.406 e. The maximum atomic E-state index is 5.72.